The SMILES string of the molecule is CCSc1ccccc1C(=O)Nc1ccc2c(c1)OCCO2. The Morgan fingerprint density at radius 2 is 1.91 bits per heavy atom. The number of nitrogens with one attached hydrogen (secondary N) is 1. The molecule has 0 spiro atoms. The van der Waals surface area contributed by atoms with E-state index in [1.807, 2.05) is 36.4 Å². The van der Waals surface area contributed by atoms with Crippen LogP contribution in [0.5, 0.6) is 11.5 Å². The summed E-state index contributed by atoms with van der Waals surface area (Å²) in [7, 11) is 0. The summed E-state index contributed by atoms with van der Waals surface area (Å²) in [6, 6.07) is 13.1. The van der Waals surface area contributed by atoms with Crippen LogP contribution in [-0.2, 0) is 0 Å². The lowest BCUT2D eigenvalue weighted by Gasteiger charge is -2.19. The van der Waals surface area contributed by atoms with E-state index in [4.69, 9.17) is 9.47 Å². The lowest BCUT2D eigenvalue weighted by atomic mass is 10.2. The molecule has 0 aliphatic carbocycles. The van der Waals surface area contributed by atoms with E-state index >= 15 is 0 Å². The van der Waals surface area contributed by atoms with E-state index in [0.29, 0.717) is 36.0 Å². The van der Waals surface area contributed by atoms with Gasteiger partial charge < -0.3 is 14.8 Å². The van der Waals surface area contributed by atoms with E-state index in [9.17, 15) is 4.79 Å². The van der Waals surface area contributed by atoms with Gasteiger partial charge in [0.2, 0.25) is 0 Å². The topological polar surface area (TPSA) is 47.6 Å². The monoisotopic (exact) mass is 315 g/mol. The molecule has 0 aromatic heterocycles. The summed E-state index contributed by atoms with van der Waals surface area (Å²) in [5, 5.41) is 2.92. The minimum atomic E-state index is -0.117. The summed E-state index contributed by atoms with van der Waals surface area (Å²) in [6.07, 6.45) is 0. The van der Waals surface area contributed by atoms with Gasteiger partial charge in [0.15, 0.2) is 11.5 Å². The summed E-state index contributed by atoms with van der Waals surface area (Å²) in [5.74, 6) is 2.19. The minimum absolute atomic E-state index is 0.117. The van der Waals surface area contributed by atoms with Gasteiger partial charge in [0.05, 0.1) is 5.56 Å². The van der Waals surface area contributed by atoms with Crippen molar-refractivity contribution in [1.29, 1.82) is 0 Å². The van der Waals surface area contributed by atoms with Crippen molar-refractivity contribution < 1.29 is 14.3 Å². The molecule has 2 aromatic carbocycles. The molecule has 114 valence electrons. The van der Waals surface area contributed by atoms with E-state index in [2.05, 4.69) is 12.2 Å². The smallest absolute Gasteiger partial charge is 0.256 e. The highest BCUT2D eigenvalue weighted by molar-refractivity contribution is 7.99. The molecule has 1 N–H and O–H groups in total. The predicted octanol–water partition coefficient (Wildman–Crippen LogP) is 3.82. The fourth-order valence-electron chi connectivity index (χ4n) is 2.26. The van der Waals surface area contributed by atoms with Gasteiger partial charge >= 0.3 is 0 Å². The van der Waals surface area contributed by atoms with E-state index in [-0.39, 0.29) is 5.91 Å². The Hall–Kier alpha value is -2.14. The Morgan fingerprint density at radius 3 is 2.73 bits per heavy atom. The Kier molecular flexibility index (Phi) is 4.53. The van der Waals surface area contributed by atoms with Gasteiger partial charge in [-0.3, -0.25) is 4.79 Å². The maximum atomic E-state index is 12.5. The van der Waals surface area contributed by atoms with Crippen molar-refractivity contribution >= 4 is 23.4 Å². The molecule has 0 atom stereocenters. The molecule has 0 radical (unpaired) electrons. The highest BCUT2D eigenvalue weighted by atomic mass is 32.2. The zero-order chi connectivity index (χ0) is 15.4. The number of fused-ring (bicyclic) bond motifs is 1. The van der Waals surface area contributed by atoms with Gasteiger partial charge in [-0.05, 0) is 30.0 Å². The number of carbonyl (C=O) groups is 1. The number of hydrogen-bond donors (Lipinski definition) is 1. The first-order chi connectivity index (χ1) is 10.8. The van der Waals surface area contributed by atoms with E-state index < -0.39 is 0 Å². The second-order valence-corrected chi connectivity index (χ2v) is 6.05. The molecule has 1 heterocycles. The third-order valence-electron chi connectivity index (χ3n) is 3.23. The standard InChI is InChI=1S/C17H17NO3S/c1-2-22-16-6-4-3-5-13(16)17(19)18-12-7-8-14-15(11-12)21-10-9-20-14/h3-8,11H,2,9-10H2,1H3,(H,18,19). The molecule has 2 aromatic rings. The van der Waals surface area contributed by atoms with Crippen LogP contribution in [0.25, 0.3) is 0 Å². The second kappa shape index (κ2) is 6.75. The van der Waals surface area contributed by atoms with Crippen LogP contribution in [0, 0.1) is 0 Å². The molecule has 0 saturated heterocycles. The summed E-state index contributed by atoms with van der Waals surface area (Å²) in [5.41, 5.74) is 1.38. The third kappa shape index (κ3) is 3.20. The van der Waals surface area contributed by atoms with Crippen LogP contribution < -0.4 is 14.8 Å². The molecule has 1 amide bonds. The van der Waals surface area contributed by atoms with Crippen molar-refractivity contribution in [2.75, 3.05) is 24.3 Å². The number of rotatable bonds is 4. The van der Waals surface area contributed by atoms with Gasteiger partial charge in [-0.2, -0.15) is 0 Å². The van der Waals surface area contributed by atoms with Crippen molar-refractivity contribution in [3.63, 3.8) is 0 Å². The number of ether oxygens (including phenoxy) is 2. The number of carbonyl (C=O) groups excluding carboxylic acids is 1. The van der Waals surface area contributed by atoms with Crippen molar-refractivity contribution in [3.8, 4) is 11.5 Å². The zero-order valence-corrected chi connectivity index (χ0v) is 13.1. The van der Waals surface area contributed by atoms with Gasteiger partial charge in [0.1, 0.15) is 13.2 Å². The second-order valence-electron chi connectivity index (χ2n) is 4.74. The molecule has 0 unspecified atom stereocenters. The van der Waals surface area contributed by atoms with E-state index in [1.165, 1.54) is 0 Å². The first-order valence-corrected chi connectivity index (χ1v) is 8.19. The van der Waals surface area contributed by atoms with Gasteiger partial charge in [-0.1, -0.05) is 19.1 Å². The Morgan fingerprint density at radius 1 is 1.14 bits per heavy atom. The van der Waals surface area contributed by atoms with Gasteiger partial charge in [-0.15, -0.1) is 11.8 Å². The largest absolute Gasteiger partial charge is 0.486 e. The van der Waals surface area contributed by atoms with Crippen LogP contribution in [0.1, 0.15) is 17.3 Å². The fraction of sp³-hybridized carbons (Fsp3) is 0.235. The first-order valence-electron chi connectivity index (χ1n) is 7.21. The minimum Gasteiger partial charge on any atom is -0.486 e. The molecule has 1 aliphatic rings. The van der Waals surface area contributed by atoms with Crippen LogP contribution in [0.2, 0.25) is 0 Å². The van der Waals surface area contributed by atoms with Crippen molar-refractivity contribution in [2.45, 2.75) is 11.8 Å². The normalized spacial score (nSPS) is 12.8. The average Bonchev–Trinajstić information content (AvgIpc) is 2.55. The summed E-state index contributed by atoms with van der Waals surface area (Å²) in [6.45, 7) is 3.15. The summed E-state index contributed by atoms with van der Waals surface area (Å²) >= 11 is 1.66. The molecule has 3 rings (SSSR count). The third-order valence-corrected chi connectivity index (χ3v) is 4.19. The number of hydrogen-bond acceptors (Lipinski definition) is 4. The van der Waals surface area contributed by atoms with Gasteiger partial charge in [0.25, 0.3) is 5.91 Å². The number of anilines is 1. The predicted molar refractivity (Wildman–Crippen MR) is 88.2 cm³/mol. The Bertz CT molecular complexity index is 687. The van der Waals surface area contributed by atoms with Crippen LogP contribution >= 0.6 is 11.8 Å². The summed E-state index contributed by atoms with van der Waals surface area (Å²) < 4.78 is 11.0. The highest BCUT2D eigenvalue weighted by Crippen LogP contribution is 2.33. The fourth-order valence-corrected chi connectivity index (χ4v) is 3.06. The molecule has 0 fully saturated rings. The van der Waals surface area contributed by atoms with Crippen molar-refractivity contribution in [1.82, 2.24) is 0 Å². The molecule has 1 aliphatic heterocycles. The van der Waals surface area contributed by atoms with E-state index in [1.54, 1.807) is 17.8 Å². The number of benzene rings is 2. The molecular weight excluding hydrogens is 298 g/mol. The maximum Gasteiger partial charge on any atom is 0.256 e. The zero-order valence-electron chi connectivity index (χ0n) is 12.3. The lowest BCUT2D eigenvalue weighted by molar-refractivity contribution is 0.102. The van der Waals surface area contributed by atoms with Crippen molar-refractivity contribution in [2.24, 2.45) is 0 Å². The van der Waals surface area contributed by atoms with E-state index in [0.717, 1.165) is 10.6 Å². The lowest BCUT2D eigenvalue weighted by Crippen LogP contribution is -2.16. The molecule has 4 nitrogen and oxygen atoms in total. The van der Waals surface area contributed by atoms with Gasteiger partial charge in [-0.25, -0.2) is 0 Å². The molecule has 22 heavy (non-hydrogen) atoms. The van der Waals surface area contributed by atoms with Crippen LogP contribution in [0.3, 0.4) is 0 Å². The first kappa shape index (κ1) is 14.8. The quantitative estimate of drug-likeness (QED) is 0.871. The van der Waals surface area contributed by atoms with Gasteiger partial charge in [0, 0.05) is 16.6 Å². The average molecular weight is 315 g/mol. The molecule has 5 heteroatoms. The van der Waals surface area contributed by atoms with Crippen molar-refractivity contribution in [3.05, 3.63) is 48.0 Å². The highest BCUT2D eigenvalue weighted by Gasteiger charge is 2.15. The molecule has 0 saturated carbocycles. The Labute approximate surface area is 133 Å². The Balaban J connectivity index is 1.80. The molecular formula is C17H17NO3S. The van der Waals surface area contributed by atoms with Crippen LogP contribution in [0.4, 0.5) is 5.69 Å². The molecule has 0 bridgehead atoms. The number of thioether (sulfide) groups is 1. The van der Waals surface area contributed by atoms with Crippen LogP contribution in [-0.4, -0.2) is 24.9 Å². The van der Waals surface area contributed by atoms with Crippen LogP contribution in [0.15, 0.2) is 47.4 Å². The maximum absolute atomic E-state index is 12.5. The summed E-state index contributed by atoms with van der Waals surface area (Å²) in [4.78, 5) is 13.5. The number of amides is 1.